The predicted molar refractivity (Wildman–Crippen MR) is 78.8 cm³/mol. The van der Waals surface area contributed by atoms with Gasteiger partial charge in [0.1, 0.15) is 11.0 Å². The zero-order valence-corrected chi connectivity index (χ0v) is 11.8. The number of thiocarbonyl (C=S) groups is 1. The Morgan fingerprint density at radius 2 is 2.00 bits per heavy atom. The van der Waals surface area contributed by atoms with Crippen molar-refractivity contribution in [3.63, 3.8) is 0 Å². The highest BCUT2D eigenvalue weighted by molar-refractivity contribution is 7.80. The number of anilines is 1. The number of rotatable bonds is 5. The van der Waals surface area contributed by atoms with Crippen LogP contribution in [0.1, 0.15) is 19.4 Å². The monoisotopic (exact) mass is 285 g/mol. The van der Waals surface area contributed by atoms with E-state index in [9.17, 15) is 4.79 Å². The Morgan fingerprint density at radius 1 is 1.39 bits per heavy atom. The van der Waals surface area contributed by atoms with Crippen molar-refractivity contribution in [2.24, 2.45) is 17.4 Å². The number of halogens is 1. The molecule has 0 aliphatic carbocycles. The molecule has 4 nitrogen and oxygen atoms in total. The van der Waals surface area contributed by atoms with Gasteiger partial charge in [-0.15, -0.1) is 0 Å². The second kappa shape index (κ2) is 6.02. The highest BCUT2D eigenvalue weighted by Crippen LogP contribution is 2.23. The van der Waals surface area contributed by atoms with Gasteiger partial charge in [-0.2, -0.15) is 0 Å². The topological polar surface area (TPSA) is 81.1 Å². The van der Waals surface area contributed by atoms with Gasteiger partial charge in [-0.3, -0.25) is 4.79 Å². The van der Waals surface area contributed by atoms with Crippen LogP contribution in [0.4, 0.5) is 5.69 Å². The van der Waals surface area contributed by atoms with E-state index in [0.717, 1.165) is 0 Å². The van der Waals surface area contributed by atoms with Gasteiger partial charge in [0.05, 0.1) is 0 Å². The molecule has 0 aromatic heterocycles. The molecule has 0 fully saturated rings. The summed E-state index contributed by atoms with van der Waals surface area (Å²) >= 11 is 10.9. The molecular formula is C12H16ClN3OS. The molecular weight excluding hydrogens is 270 g/mol. The summed E-state index contributed by atoms with van der Waals surface area (Å²) in [6.07, 6.45) is 0. The smallest absolute Gasteiger partial charge is 0.240 e. The summed E-state index contributed by atoms with van der Waals surface area (Å²) in [5, 5.41) is 3.57. The molecule has 98 valence electrons. The van der Waals surface area contributed by atoms with Gasteiger partial charge < -0.3 is 16.8 Å². The molecule has 1 atom stereocenters. The fraction of sp³-hybridized carbons (Fsp3) is 0.333. The van der Waals surface area contributed by atoms with Crippen molar-refractivity contribution in [2.75, 3.05) is 5.32 Å². The summed E-state index contributed by atoms with van der Waals surface area (Å²) in [6, 6.07) is 4.58. The summed E-state index contributed by atoms with van der Waals surface area (Å²) < 4.78 is 0. The van der Waals surface area contributed by atoms with Crippen molar-refractivity contribution >= 4 is 40.4 Å². The van der Waals surface area contributed by atoms with Gasteiger partial charge in [0.25, 0.3) is 0 Å². The van der Waals surface area contributed by atoms with Crippen molar-refractivity contribution in [3.05, 3.63) is 28.8 Å². The van der Waals surface area contributed by atoms with Crippen molar-refractivity contribution in [1.82, 2.24) is 0 Å². The van der Waals surface area contributed by atoms with Crippen LogP contribution in [0.5, 0.6) is 0 Å². The summed E-state index contributed by atoms with van der Waals surface area (Å²) in [6.45, 7) is 3.79. The SMILES string of the molecule is CC(C)C(Nc1cc(Cl)ccc1C(N)=S)C(N)=O. The van der Waals surface area contributed by atoms with Crippen LogP contribution in [0.15, 0.2) is 18.2 Å². The Kier molecular flexibility index (Phi) is 4.93. The van der Waals surface area contributed by atoms with E-state index >= 15 is 0 Å². The molecule has 0 radical (unpaired) electrons. The Hall–Kier alpha value is -1.33. The molecule has 1 rings (SSSR count). The number of amides is 1. The minimum absolute atomic E-state index is 0.0423. The lowest BCUT2D eigenvalue weighted by atomic mass is 10.0. The highest BCUT2D eigenvalue weighted by Gasteiger charge is 2.20. The molecule has 0 spiro atoms. The van der Waals surface area contributed by atoms with Gasteiger partial charge in [-0.05, 0) is 24.1 Å². The predicted octanol–water partition coefficient (Wildman–Crippen LogP) is 1.90. The molecule has 0 saturated carbocycles. The van der Waals surface area contributed by atoms with E-state index in [1.807, 2.05) is 13.8 Å². The molecule has 5 N–H and O–H groups in total. The lowest BCUT2D eigenvalue weighted by molar-refractivity contribution is -0.119. The fourth-order valence-electron chi connectivity index (χ4n) is 1.58. The lowest BCUT2D eigenvalue weighted by Gasteiger charge is -2.22. The highest BCUT2D eigenvalue weighted by atomic mass is 35.5. The van der Waals surface area contributed by atoms with Crippen LogP contribution in [0.2, 0.25) is 5.02 Å². The van der Waals surface area contributed by atoms with Crippen LogP contribution in [-0.4, -0.2) is 16.9 Å². The van der Waals surface area contributed by atoms with E-state index in [4.69, 9.17) is 35.3 Å². The van der Waals surface area contributed by atoms with Crippen LogP contribution in [0.25, 0.3) is 0 Å². The first-order valence-corrected chi connectivity index (χ1v) is 6.26. The minimum Gasteiger partial charge on any atom is -0.389 e. The van der Waals surface area contributed by atoms with E-state index in [0.29, 0.717) is 16.3 Å². The largest absolute Gasteiger partial charge is 0.389 e. The maximum absolute atomic E-state index is 11.4. The minimum atomic E-state index is -0.503. The molecule has 1 amide bonds. The standard InChI is InChI=1S/C12H16ClN3OS/c1-6(2)10(11(14)17)16-9-5-7(13)3-4-8(9)12(15)18/h3-6,10,16H,1-2H3,(H2,14,17)(H2,15,18). The number of hydrogen-bond acceptors (Lipinski definition) is 3. The van der Waals surface area contributed by atoms with E-state index in [1.165, 1.54) is 0 Å². The van der Waals surface area contributed by atoms with E-state index < -0.39 is 11.9 Å². The zero-order chi connectivity index (χ0) is 13.9. The third-order valence-electron chi connectivity index (χ3n) is 2.53. The third-order valence-corrected chi connectivity index (χ3v) is 2.99. The molecule has 0 saturated heterocycles. The van der Waals surface area contributed by atoms with Crippen molar-refractivity contribution in [1.29, 1.82) is 0 Å². The first-order valence-electron chi connectivity index (χ1n) is 5.48. The van der Waals surface area contributed by atoms with Crippen molar-refractivity contribution in [3.8, 4) is 0 Å². The number of nitrogens with two attached hydrogens (primary N) is 2. The molecule has 18 heavy (non-hydrogen) atoms. The summed E-state index contributed by atoms with van der Waals surface area (Å²) in [5.74, 6) is -0.389. The first kappa shape index (κ1) is 14.7. The Labute approximate surface area is 117 Å². The van der Waals surface area contributed by atoms with E-state index in [2.05, 4.69) is 5.32 Å². The number of hydrogen-bond donors (Lipinski definition) is 3. The molecule has 1 aromatic carbocycles. The third kappa shape index (κ3) is 3.58. The first-order chi connectivity index (χ1) is 8.32. The average molecular weight is 286 g/mol. The maximum Gasteiger partial charge on any atom is 0.240 e. The van der Waals surface area contributed by atoms with Gasteiger partial charge in [0.15, 0.2) is 0 Å². The molecule has 0 bridgehead atoms. The number of nitrogens with one attached hydrogen (secondary N) is 1. The van der Waals surface area contributed by atoms with Crippen LogP contribution in [0.3, 0.4) is 0 Å². The fourth-order valence-corrected chi connectivity index (χ4v) is 1.93. The van der Waals surface area contributed by atoms with Crippen molar-refractivity contribution in [2.45, 2.75) is 19.9 Å². The number of carbonyl (C=O) groups is 1. The van der Waals surface area contributed by atoms with Crippen LogP contribution < -0.4 is 16.8 Å². The van der Waals surface area contributed by atoms with E-state index in [-0.39, 0.29) is 10.9 Å². The van der Waals surface area contributed by atoms with Gasteiger partial charge in [0, 0.05) is 16.3 Å². The summed E-state index contributed by atoms with van der Waals surface area (Å²) in [5.41, 5.74) is 12.2. The number of benzene rings is 1. The van der Waals surface area contributed by atoms with Gasteiger partial charge in [0.2, 0.25) is 5.91 Å². The number of carbonyl (C=O) groups excluding carboxylic acids is 1. The molecule has 1 unspecified atom stereocenters. The molecule has 0 aliphatic heterocycles. The Balaban J connectivity index is 3.12. The molecule has 0 heterocycles. The molecule has 6 heteroatoms. The summed E-state index contributed by atoms with van der Waals surface area (Å²) in [7, 11) is 0. The Bertz CT molecular complexity index is 476. The van der Waals surface area contributed by atoms with Crippen molar-refractivity contribution < 1.29 is 4.79 Å². The van der Waals surface area contributed by atoms with Crippen LogP contribution in [-0.2, 0) is 4.79 Å². The molecule has 0 aliphatic rings. The quantitative estimate of drug-likeness (QED) is 0.722. The van der Waals surface area contributed by atoms with Gasteiger partial charge in [-0.1, -0.05) is 37.7 Å². The molecule has 1 aromatic rings. The second-order valence-electron chi connectivity index (χ2n) is 4.32. The van der Waals surface area contributed by atoms with Gasteiger partial charge >= 0.3 is 0 Å². The van der Waals surface area contributed by atoms with Crippen LogP contribution in [0, 0.1) is 5.92 Å². The lowest BCUT2D eigenvalue weighted by Crippen LogP contribution is -2.40. The van der Waals surface area contributed by atoms with Crippen LogP contribution >= 0.6 is 23.8 Å². The Morgan fingerprint density at radius 3 is 2.44 bits per heavy atom. The normalized spacial score (nSPS) is 12.2. The maximum atomic E-state index is 11.4. The van der Waals surface area contributed by atoms with E-state index in [1.54, 1.807) is 18.2 Å². The van der Waals surface area contributed by atoms with Gasteiger partial charge in [-0.25, -0.2) is 0 Å². The number of primary amides is 1. The summed E-state index contributed by atoms with van der Waals surface area (Å²) in [4.78, 5) is 11.6. The average Bonchev–Trinajstić information content (AvgIpc) is 2.24. The zero-order valence-electron chi connectivity index (χ0n) is 10.2. The second-order valence-corrected chi connectivity index (χ2v) is 5.20.